The third-order valence-corrected chi connectivity index (χ3v) is 2.48. The topological polar surface area (TPSA) is 7.68 Å². The maximum absolute atomic E-state index is 3.77. The summed E-state index contributed by atoms with van der Waals surface area (Å²) in [7, 11) is 2.20. The molecule has 0 saturated carbocycles. The number of quaternary nitrogens is 1. The third kappa shape index (κ3) is 1.83. The molecule has 2 rings (SSSR count). The number of hydrogen-bond acceptors (Lipinski definition) is 1. The number of anilines is 1. The van der Waals surface area contributed by atoms with Crippen LogP contribution < -0.4 is 26.8 Å². The number of nitrogens with zero attached hydrogens (tertiary/aromatic N) is 1. The van der Waals surface area contributed by atoms with Gasteiger partial charge in [0.15, 0.2) is 12.4 Å². The molecular formula is C11H15BrN2. The normalized spacial score (nSPS) is 18.6. The van der Waals surface area contributed by atoms with Crippen molar-refractivity contribution < 1.29 is 21.9 Å². The number of rotatable bonds is 2. The summed E-state index contributed by atoms with van der Waals surface area (Å²) in [4.78, 5) is 3.80. The third-order valence-electron chi connectivity index (χ3n) is 2.48. The fourth-order valence-electron chi connectivity index (χ4n) is 1.89. The molecule has 2 nitrogen and oxygen atoms in total. The predicted molar refractivity (Wildman–Crippen MR) is 55.4 cm³/mol. The molecule has 1 heterocycles. The van der Waals surface area contributed by atoms with E-state index in [9.17, 15) is 0 Å². The number of benzene rings is 1. The van der Waals surface area contributed by atoms with Crippen LogP contribution >= 0.6 is 0 Å². The average molecular weight is 255 g/mol. The van der Waals surface area contributed by atoms with E-state index < -0.39 is 0 Å². The lowest BCUT2D eigenvalue weighted by molar-refractivity contribution is -0.802. The maximum atomic E-state index is 3.77. The van der Waals surface area contributed by atoms with Crippen molar-refractivity contribution >= 4 is 11.4 Å². The van der Waals surface area contributed by atoms with Gasteiger partial charge < -0.3 is 21.9 Å². The van der Waals surface area contributed by atoms with Crippen LogP contribution in [0, 0.1) is 0 Å². The molecule has 1 N–H and O–H groups in total. The molecule has 0 aromatic heterocycles. The molecule has 0 spiro atoms. The molecule has 0 radical (unpaired) electrons. The molecule has 76 valence electrons. The Kier molecular flexibility index (Phi) is 3.72. The van der Waals surface area contributed by atoms with Crippen LogP contribution in [0.1, 0.15) is 0 Å². The fraction of sp³-hybridized carbons (Fsp3) is 0.273. The monoisotopic (exact) mass is 254 g/mol. The van der Waals surface area contributed by atoms with Gasteiger partial charge in [0, 0.05) is 12.6 Å². The van der Waals surface area contributed by atoms with Gasteiger partial charge in [0.1, 0.15) is 5.69 Å². The summed E-state index contributed by atoms with van der Waals surface area (Å²) in [6.45, 7) is 5.76. The van der Waals surface area contributed by atoms with Gasteiger partial charge in [0.05, 0.1) is 7.05 Å². The van der Waals surface area contributed by atoms with E-state index in [1.54, 1.807) is 0 Å². The van der Waals surface area contributed by atoms with Crippen molar-refractivity contribution in [2.45, 2.75) is 0 Å². The maximum Gasteiger partial charge on any atom is 0.157 e. The Balaban J connectivity index is 0.000000980. The minimum absolute atomic E-state index is 0. The highest BCUT2D eigenvalue weighted by Crippen LogP contribution is 2.24. The molecule has 14 heavy (non-hydrogen) atoms. The lowest BCUT2D eigenvalue weighted by Gasteiger charge is -2.12. The number of halogens is 1. The second kappa shape index (κ2) is 4.62. The van der Waals surface area contributed by atoms with Crippen molar-refractivity contribution in [1.29, 1.82) is 0 Å². The molecule has 0 amide bonds. The summed E-state index contributed by atoms with van der Waals surface area (Å²) in [5, 5.41) is 0. The summed E-state index contributed by atoms with van der Waals surface area (Å²) in [6.07, 6.45) is 1.95. The zero-order chi connectivity index (χ0) is 9.26. The molecule has 0 aliphatic carbocycles. The van der Waals surface area contributed by atoms with Crippen molar-refractivity contribution in [3.8, 4) is 0 Å². The number of para-hydroxylation sites is 2. The van der Waals surface area contributed by atoms with Crippen LogP contribution in [0.5, 0.6) is 0 Å². The van der Waals surface area contributed by atoms with Gasteiger partial charge in [-0.15, -0.1) is 6.58 Å². The van der Waals surface area contributed by atoms with Gasteiger partial charge >= 0.3 is 0 Å². The largest absolute Gasteiger partial charge is 1.00 e. The molecule has 1 aromatic carbocycles. The summed E-state index contributed by atoms with van der Waals surface area (Å²) in [6, 6.07) is 8.55. The molecule has 0 bridgehead atoms. The van der Waals surface area contributed by atoms with Gasteiger partial charge in [-0.2, -0.15) is 0 Å². The van der Waals surface area contributed by atoms with Crippen molar-refractivity contribution in [3.05, 3.63) is 36.9 Å². The van der Waals surface area contributed by atoms with E-state index >= 15 is 0 Å². The minimum atomic E-state index is 0. The van der Waals surface area contributed by atoms with Gasteiger partial charge in [-0.05, 0) is 6.07 Å². The second-order valence-corrected chi connectivity index (χ2v) is 3.47. The zero-order valence-electron chi connectivity index (χ0n) is 8.33. The molecule has 0 fully saturated rings. The molecule has 1 aliphatic rings. The van der Waals surface area contributed by atoms with Crippen molar-refractivity contribution in [1.82, 2.24) is 0 Å². The van der Waals surface area contributed by atoms with Crippen molar-refractivity contribution in [3.63, 3.8) is 0 Å². The molecule has 0 saturated heterocycles. The van der Waals surface area contributed by atoms with Crippen LogP contribution in [0.4, 0.5) is 11.4 Å². The van der Waals surface area contributed by atoms with Gasteiger partial charge in [0.25, 0.3) is 0 Å². The zero-order valence-corrected chi connectivity index (χ0v) is 9.92. The van der Waals surface area contributed by atoms with Gasteiger partial charge in [-0.25, -0.2) is 0 Å². The average Bonchev–Trinajstić information content (AvgIpc) is 2.46. The first-order chi connectivity index (χ1) is 6.33. The molecule has 1 aliphatic heterocycles. The highest BCUT2D eigenvalue weighted by Gasteiger charge is 2.25. The van der Waals surface area contributed by atoms with Crippen molar-refractivity contribution in [2.24, 2.45) is 0 Å². The van der Waals surface area contributed by atoms with Crippen LogP contribution in [0.15, 0.2) is 36.9 Å². The molecule has 1 unspecified atom stereocenters. The Morgan fingerprint density at radius 3 is 2.93 bits per heavy atom. The Hall–Kier alpha value is -0.800. The second-order valence-electron chi connectivity index (χ2n) is 3.47. The Bertz CT molecular complexity index is 325. The van der Waals surface area contributed by atoms with Crippen LogP contribution in [0.3, 0.4) is 0 Å². The first-order valence-electron chi connectivity index (χ1n) is 4.60. The van der Waals surface area contributed by atoms with Crippen LogP contribution in [-0.4, -0.2) is 20.3 Å². The van der Waals surface area contributed by atoms with Crippen molar-refractivity contribution in [2.75, 3.05) is 25.2 Å². The molecule has 1 aromatic rings. The van der Waals surface area contributed by atoms with E-state index in [1.807, 2.05) is 6.08 Å². The van der Waals surface area contributed by atoms with Gasteiger partial charge in [0.2, 0.25) is 0 Å². The Morgan fingerprint density at radius 2 is 2.21 bits per heavy atom. The Labute approximate surface area is 95.6 Å². The smallest absolute Gasteiger partial charge is 0.157 e. The summed E-state index contributed by atoms with van der Waals surface area (Å²) < 4.78 is 0. The van der Waals surface area contributed by atoms with E-state index in [4.69, 9.17) is 0 Å². The van der Waals surface area contributed by atoms with Crippen LogP contribution in [-0.2, 0) is 0 Å². The summed E-state index contributed by atoms with van der Waals surface area (Å²) in [5.74, 6) is 0. The van der Waals surface area contributed by atoms with Crippen LogP contribution in [0.2, 0.25) is 0 Å². The molecule has 3 heteroatoms. The van der Waals surface area contributed by atoms with E-state index in [-0.39, 0.29) is 17.0 Å². The quantitative estimate of drug-likeness (QED) is 0.589. The van der Waals surface area contributed by atoms with E-state index in [2.05, 4.69) is 42.8 Å². The fourth-order valence-corrected chi connectivity index (χ4v) is 1.89. The molecule has 1 atom stereocenters. The van der Waals surface area contributed by atoms with Crippen LogP contribution in [0.25, 0.3) is 0 Å². The number of fused-ring (bicyclic) bond motifs is 1. The molecular weight excluding hydrogens is 240 g/mol. The lowest BCUT2D eigenvalue weighted by Crippen LogP contribution is -3.03. The summed E-state index contributed by atoms with van der Waals surface area (Å²) in [5.41, 5.74) is 2.74. The SMILES string of the molecule is C=CCN1C[NH+](C)c2ccccc21.[Br-]. The van der Waals surface area contributed by atoms with E-state index in [0.717, 1.165) is 13.2 Å². The number of nitrogens with one attached hydrogen (secondary N) is 1. The van der Waals surface area contributed by atoms with E-state index in [1.165, 1.54) is 16.3 Å². The predicted octanol–water partition coefficient (Wildman–Crippen LogP) is -2.20. The highest BCUT2D eigenvalue weighted by atomic mass is 79.9. The minimum Gasteiger partial charge on any atom is -1.00 e. The first-order valence-corrected chi connectivity index (χ1v) is 4.60. The number of hydrogen-bond donors (Lipinski definition) is 1. The summed E-state index contributed by atoms with van der Waals surface area (Å²) >= 11 is 0. The lowest BCUT2D eigenvalue weighted by atomic mass is 10.2. The van der Waals surface area contributed by atoms with Gasteiger partial charge in [-0.1, -0.05) is 18.2 Å². The van der Waals surface area contributed by atoms with E-state index in [0.29, 0.717) is 0 Å². The van der Waals surface area contributed by atoms with Gasteiger partial charge in [-0.3, -0.25) is 4.90 Å². The first kappa shape index (κ1) is 11.3. The standard InChI is InChI=1S/C11H14N2.BrH/c1-3-8-13-9-12(2)10-6-4-5-7-11(10)13;/h3-7H,1,8-9H2,2H3;1H. The highest BCUT2D eigenvalue weighted by molar-refractivity contribution is 5.65. The Morgan fingerprint density at radius 1 is 1.50 bits per heavy atom.